The minimum absolute atomic E-state index is 0.102. The first-order chi connectivity index (χ1) is 12.4. The monoisotopic (exact) mass is 372 g/mol. The lowest BCUT2D eigenvalue weighted by Crippen LogP contribution is -2.23. The molecule has 26 heavy (non-hydrogen) atoms. The van der Waals surface area contributed by atoms with Crippen molar-refractivity contribution >= 4 is 16.0 Å². The van der Waals surface area contributed by atoms with Crippen LogP contribution in [-0.2, 0) is 10.0 Å². The number of benzene rings is 2. The minimum Gasteiger partial charge on any atom is -0.368 e. The van der Waals surface area contributed by atoms with Gasteiger partial charge in [-0.2, -0.15) is 0 Å². The molecule has 0 aliphatic carbocycles. The van der Waals surface area contributed by atoms with Crippen molar-refractivity contribution in [3.8, 4) is 22.3 Å². The molecule has 0 aliphatic heterocycles. The Kier molecular flexibility index (Phi) is 4.97. The van der Waals surface area contributed by atoms with Crippen LogP contribution in [0.4, 0.5) is 10.3 Å². The fraction of sp³-hybridized carbons (Fsp3) is 0.111. The molecule has 0 atom stereocenters. The summed E-state index contributed by atoms with van der Waals surface area (Å²) in [5.41, 5.74) is 7.12. The van der Waals surface area contributed by atoms with Gasteiger partial charge in [-0.3, -0.25) is 0 Å². The zero-order chi connectivity index (χ0) is 18.7. The van der Waals surface area contributed by atoms with Crippen LogP contribution in [0, 0.1) is 5.82 Å². The van der Waals surface area contributed by atoms with Gasteiger partial charge in [-0.15, -0.1) is 0 Å². The molecule has 6 nitrogen and oxygen atoms in total. The van der Waals surface area contributed by atoms with E-state index in [1.54, 1.807) is 37.3 Å². The summed E-state index contributed by atoms with van der Waals surface area (Å²) in [7, 11) is -3.68. The molecule has 3 aromatic rings. The first-order valence-electron chi connectivity index (χ1n) is 7.89. The van der Waals surface area contributed by atoms with Gasteiger partial charge in [0.25, 0.3) is 0 Å². The van der Waals surface area contributed by atoms with Crippen molar-refractivity contribution in [3.63, 3.8) is 0 Å². The number of halogens is 1. The van der Waals surface area contributed by atoms with Gasteiger partial charge in [0.15, 0.2) is 0 Å². The Morgan fingerprint density at radius 2 is 1.73 bits per heavy atom. The van der Waals surface area contributed by atoms with Crippen molar-refractivity contribution < 1.29 is 12.8 Å². The molecule has 0 spiro atoms. The minimum atomic E-state index is -3.68. The SMILES string of the molecule is CCNS(=O)(=O)c1ccccc1-c1ccc(-c2cnc(N)nc2)c(F)c1. The van der Waals surface area contributed by atoms with Crippen molar-refractivity contribution in [1.29, 1.82) is 0 Å². The van der Waals surface area contributed by atoms with Crippen LogP contribution in [0.5, 0.6) is 0 Å². The van der Waals surface area contributed by atoms with Crippen molar-refractivity contribution in [3.05, 3.63) is 60.7 Å². The highest BCUT2D eigenvalue weighted by molar-refractivity contribution is 7.89. The molecule has 0 amide bonds. The van der Waals surface area contributed by atoms with E-state index in [-0.39, 0.29) is 17.4 Å². The van der Waals surface area contributed by atoms with E-state index >= 15 is 0 Å². The van der Waals surface area contributed by atoms with E-state index in [1.807, 2.05) is 0 Å². The topological polar surface area (TPSA) is 98.0 Å². The molecule has 3 rings (SSSR count). The van der Waals surface area contributed by atoms with Crippen LogP contribution < -0.4 is 10.5 Å². The second kappa shape index (κ2) is 7.19. The maximum atomic E-state index is 14.6. The standard InChI is InChI=1S/C18H17FN4O2S/c1-2-23-26(24,25)17-6-4-3-5-15(17)12-7-8-14(16(19)9-12)13-10-21-18(20)22-11-13/h3-11,23H,2H2,1H3,(H2,20,21,22). The maximum absolute atomic E-state index is 14.6. The number of hydrogen-bond acceptors (Lipinski definition) is 5. The third-order valence-electron chi connectivity index (χ3n) is 3.77. The summed E-state index contributed by atoms with van der Waals surface area (Å²) in [6.07, 6.45) is 2.87. The molecule has 2 aromatic carbocycles. The predicted octanol–water partition coefficient (Wildman–Crippen LogP) is 2.83. The van der Waals surface area contributed by atoms with Gasteiger partial charge in [-0.1, -0.05) is 37.3 Å². The predicted molar refractivity (Wildman–Crippen MR) is 98.1 cm³/mol. The summed E-state index contributed by atoms with van der Waals surface area (Å²) in [6, 6.07) is 11.0. The number of sulfonamides is 1. The number of nitrogen functional groups attached to an aromatic ring is 1. The van der Waals surface area contributed by atoms with E-state index in [0.29, 0.717) is 22.3 Å². The summed E-state index contributed by atoms with van der Waals surface area (Å²) < 4.78 is 41.9. The molecule has 1 heterocycles. The lowest BCUT2D eigenvalue weighted by Gasteiger charge is -2.12. The molecule has 0 fully saturated rings. The van der Waals surface area contributed by atoms with Crippen LogP contribution in [0.3, 0.4) is 0 Å². The average Bonchev–Trinajstić information content (AvgIpc) is 2.62. The molecule has 0 saturated heterocycles. The molecule has 0 saturated carbocycles. The van der Waals surface area contributed by atoms with E-state index in [2.05, 4.69) is 14.7 Å². The van der Waals surface area contributed by atoms with E-state index in [4.69, 9.17) is 5.73 Å². The highest BCUT2D eigenvalue weighted by Gasteiger charge is 2.19. The Labute approximate surface area is 151 Å². The van der Waals surface area contributed by atoms with E-state index in [9.17, 15) is 12.8 Å². The lowest BCUT2D eigenvalue weighted by molar-refractivity contribution is 0.584. The summed E-state index contributed by atoms with van der Waals surface area (Å²) in [6.45, 7) is 1.96. The zero-order valence-electron chi connectivity index (χ0n) is 14.0. The fourth-order valence-electron chi connectivity index (χ4n) is 2.60. The zero-order valence-corrected chi connectivity index (χ0v) is 14.8. The number of anilines is 1. The molecular weight excluding hydrogens is 355 g/mol. The molecule has 8 heteroatoms. The molecule has 0 unspecified atom stereocenters. The summed E-state index contributed by atoms with van der Waals surface area (Å²) in [5, 5.41) is 0. The molecule has 3 N–H and O–H groups in total. The van der Waals surface area contributed by atoms with Gasteiger partial charge in [0, 0.05) is 35.6 Å². The molecule has 0 bridgehead atoms. The average molecular weight is 372 g/mol. The molecule has 0 radical (unpaired) electrons. The Hall–Kier alpha value is -2.84. The van der Waals surface area contributed by atoms with E-state index in [1.165, 1.54) is 24.5 Å². The second-order valence-corrected chi connectivity index (χ2v) is 7.26. The van der Waals surface area contributed by atoms with Crippen LogP contribution in [0.2, 0.25) is 0 Å². The molecular formula is C18H17FN4O2S. The van der Waals surface area contributed by atoms with Gasteiger partial charge in [0.1, 0.15) is 5.82 Å². The van der Waals surface area contributed by atoms with Crippen molar-refractivity contribution in [1.82, 2.24) is 14.7 Å². The Morgan fingerprint density at radius 3 is 2.38 bits per heavy atom. The Bertz CT molecular complexity index is 1040. The van der Waals surface area contributed by atoms with Crippen LogP contribution in [-0.4, -0.2) is 24.9 Å². The number of nitrogens with zero attached hydrogens (tertiary/aromatic N) is 2. The smallest absolute Gasteiger partial charge is 0.241 e. The van der Waals surface area contributed by atoms with E-state index < -0.39 is 15.8 Å². The van der Waals surface area contributed by atoms with Gasteiger partial charge in [-0.05, 0) is 17.7 Å². The number of aromatic nitrogens is 2. The van der Waals surface area contributed by atoms with Crippen LogP contribution >= 0.6 is 0 Å². The lowest BCUT2D eigenvalue weighted by atomic mass is 10.0. The van der Waals surface area contributed by atoms with Crippen LogP contribution in [0.15, 0.2) is 59.8 Å². The third kappa shape index (κ3) is 3.56. The highest BCUT2D eigenvalue weighted by Crippen LogP contribution is 2.31. The largest absolute Gasteiger partial charge is 0.368 e. The summed E-state index contributed by atoms with van der Waals surface area (Å²) >= 11 is 0. The number of nitrogens with one attached hydrogen (secondary N) is 1. The molecule has 1 aromatic heterocycles. The molecule has 134 valence electrons. The number of hydrogen-bond donors (Lipinski definition) is 2. The fourth-order valence-corrected chi connectivity index (χ4v) is 3.87. The van der Waals surface area contributed by atoms with Crippen molar-refractivity contribution in [2.75, 3.05) is 12.3 Å². The number of nitrogens with two attached hydrogens (primary N) is 1. The maximum Gasteiger partial charge on any atom is 0.241 e. The van der Waals surface area contributed by atoms with Gasteiger partial charge < -0.3 is 5.73 Å². The first-order valence-corrected chi connectivity index (χ1v) is 9.37. The van der Waals surface area contributed by atoms with Crippen molar-refractivity contribution in [2.24, 2.45) is 0 Å². The van der Waals surface area contributed by atoms with Crippen molar-refractivity contribution in [2.45, 2.75) is 11.8 Å². The first kappa shape index (κ1) is 18.0. The Morgan fingerprint density at radius 1 is 1.04 bits per heavy atom. The second-order valence-electron chi connectivity index (χ2n) is 5.52. The van der Waals surface area contributed by atoms with E-state index in [0.717, 1.165) is 0 Å². The van der Waals surface area contributed by atoms with Gasteiger partial charge in [-0.25, -0.2) is 27.5 Å². The van der Waals surface area contributed by atoms with Gasteiger partial charge >= 0.3 is 0 Å². The Balaban J connectivity index is 2.07. The third-order valence-corrected chi connectivity index (χ3v) is 5.38. The quantitative estimate of drug-likeness (QED) is 0.718. The highest BCUT2D eigenvalue weighted by atomic mass is 32.2. The normalized spacial score (nSPS) is 11.5. The van der Waals surface area contributed by atoms with Gasteiger partial charge in [0.2, 0.25) is 16.0 Å². The summed E-state index contributed by atoms with van der Waals surface area (Å²) in [4.78, 5) is 7.81. The molecule has 0 aliphatic rings. The summed E-state index contributed by atoms with van der Waals surface area (Å²) in [5.74, 6) is -0.403. The van der Waals surface area contributed by atoms with Gasteiger partial charge in [0.05, 0.1) is 4.90 Å². The van der Waals surface area contributed by atoms with Crippen LogP contribution in [0.25, 0.3) is 22.3 Å². The van der Waals surface area contributed by atoms with Crippen LogP contribution in [0.1, 0.15) is 6.92 Å². The number of rotatable bonds is 5.